The van der Waals surface area contributed by atoms with Crippen molar-refractivity contribution in [2.75, 3.05) is 13.1 Å². The molecule has 1 aromatic heterocycles. The van der Waals surface area contributed by atoms with Crippen molar-refractivity contribution in [1.82, 2.24) is 25.0 Å². The predicted octanol–water partition coefficient (Wildman–Crippen LogP) is 2.47. The largest absolute Gasteiger partial charge is 0.335 e. The van der Waals surface area contributed by atoms with Crippen LogP contribution in [-0.2, 0) is 13.5 Å². The Labute approximate surface area is 147 Å². The molecular weight excluding hydrogens is 321 g/mol. The summed E-state index contributed by atoms with van der Waals surface area (Å²) in [6.07, 6.45) is 3.94. The number of hydrogen-bond donors (Lipinski definition) is 1. The Morgan fingerprint density at radius 1 is 1.36 bits per heavy atom. The van der Waals surface area contributed by atoms with E-state index in [0.29, 0.717) is 31.0 Å². The van der Waals surface area contributed by atoms with Crippen LogP contribution in [0.4, 0.5) is 9.18 Å². The van der Waals surface area contributed by atoms with Crippen molar-refractivity contribution in [3.8, 4) is 0 Å². The van der Waals surface area contributed by atoms with E-state index in [1.165, 1.54) is 6.07 Å². The fraction of sp³-hybridized carbons (Fsp3) is 0.500. The van der Waals surface area contributed by atoms with Crippen molar-refractivity contribution in [2.45, 2.75) is 38.1 Å². The number of carbonyl (C=O) groups excluding carboxylic acids is 1. The molecule has 0 bridgehead atoms. The zero-order chi connectivity index (χ0) is 17.8. The van der Waals surface area contributed by atoms with Gasteiger partial charge in [-0.1, -0.05) is 18.2 Å². The number of carbonyl (C=O) groups is 1. The van der Waals surface area contributed by atoms with Crippen LogP contribution in [-0.4, -0.2) is 44.8 Å². The fourth-order valence-corrected chi connectivity index (χ4v) is 3.35. The SMILES string of the molecule is CC(Cc1ccccc1F)NC(=O)N1CCC(c2nncn2C)CC1. The maximum atomic E-state index is 13.7. The van der Waals surface area contributed by atoms with Crippen molar-refractivity contribution in [3.05, 3.63) is 47.8 Å². The number of nitrogens with one attached hydrogen (secondary N) is 1. The monoisotopic (exact) mass is 345 g/mol. The number of rotatable bonds is 4. The number of nitrogens with zero attached hydrogens (tertiary/aromatic N) is 4. The van der Waals surface area contributed by atoms with E-state index in [1.807, 2.05) is 29.5 Å². The lowest BCUT2D eigenvalue weighted by molar-refractivity contribution is 0.177. The highest BCUT2D eigenvalue weighted by atomic mass is 19.1. The molecule has 1 N–H and O–H groups in total. The van der Waals surface area contributed by atoms with Crippen LogP contribution < -0.4 is 5.32 Å². The van der Waals surface area contributed by atoms with Crippen LogP contribution in [0.15, 0.2) is 30.6 Å². The van der Waals surface area contributed by atoms with Crippen LogP contribution in [0.25, 0.3) is 0 Å². The van der Waals surface area contributed by atoms with E-state index in [2.05, 4.69) is 15.5 Å². The van der Waals surface area contributed by atoms with Gasteiger partial charge < -0.3 is 14.8 Å². The molecule has 7 heteroatoms. The van der Waals surface area contributed by atoms with E-state index in [9.17, 15) is 9.18 Å². The van der Waals surface area contributed by atoms with Gasteiger partial charge in [0.1, 0.15) is 18.0 Å². The molecule has 2 heterocycles. The molecule has 0 radical (unpaired) electrons. The second-order valence-corrected chi connectivity index (χ2v) is 6.71. The van der Waals surface area contributed by atoms with Crippen LogP contribution in [0.1, 0.15) is 37.1 Å². The third kappa shape index (κ3) is 4.15. The molecule has 134 valence electrons. The van der Waals surface area contributed by atoms with E-state index in [4.69, 9.17) is 0 Å². The normalized spacial score (nSPS) is 16.7. The molecule has 0 saturated carbocycles. The number of hydrogen-bond acceptors (Lipinski definition) is 3. The van der Waals surface area contributed by atoms with Gasteiger partial charge in [0.2, 0.25) is 0 Å². The van der Waals surface area contributed by atoms with Gasteiger partial charge in [-0.15, -0.1) is 10.2 Å². The molecule has 1 saturated heterocycles. The van der Waals surface area contributed by atoms with Crippen LogP contribution >= 0.6 is 0 Å². The molecule has 3 rings (SSSR count). The van der Waals surface area contributed by atoms with E-state index in [-0.39, 0.29) is 17.9 Å². The third-order valence-corrected chi connectivity index (χ3v) is 4.75. The van der Waals surface area contributed by atoms with Gasteiger partial charge in [0.15, 0.2) is 0 Å². The van der Waals surface area contributed by atoms with E-state index in [0.717, 1.165) is 18.7 Å². The average Bonchev–Trinajstić information content (AvgIpc) is 3.03. The summed E-state index contributed by atoms with van der Waals surface area (Å²) in [6.45, 7) is 3.28. The quantitative estimate of drug-likeness (QED) is 0.926. The van der Waals surface area contributed by atoms with Gasteiger partial charge in [0, 0.05) is 32.1 Å². The van der Waals surface area contributed by atoms with Gasteiger partial charge in [0.25, 0.3) is 0 Å². The molecule has 0 spiro atoms. The molecule has 2 aromatic rings. The summed E-state index contributed by atoms with van der Waals surface area (Å²) in [7, 11) is 1.94. The first-order valence-corrected chi connectivity index (χ1v) is 8.67. The summed E-state index contributed by atoms with van der Waals surface area (Å²) in [5, 5.41) is 11.1. The number of aryl methyl sites for hydroxylation is 1. The zero-order valence-electron chi connectivity index (χ0n) is 14.7. The number of piperidine rings is 1. The summed E-state index contributed by atoms with van der Waals surface area (Å²) in [5.41, 5.74) is 0.622. The highest BCUT2D eigenvalue weighted by molar-refractivity contribution is 5.74. The smallest absolute Gasteiger partial charge is 0.317 e. The molecule has 1 fully saturated rings. The Balaban J connectivity index is 1.49. The van der Waals surface area contributed by atoms with Crippen LogP contribution in [0.2, 0.25) is 0 Å². The standard InChI is InChI=1S/C18H24FN5O/c1-13(11-15-5-3-4-6-16(15)19)21-18(25)24-9-7-14(8-10-24)17-22-20-12-23(17)2/h3-6,12-14H,7-11H2,1-2H3,(H,21,25). The number of amides is 2. The minimum atomic E-state index is -0.229. The Morgan fingerprint density at radius 2 is 2.08 bits per heavy atom. The Kier molecular flexibility index (Phi) is 5.31. The molecule has 25 heavy (non-hydrogen) atoms. The lowest BCUT2D eigenvalue weighted by Gasteiger charge is -2.32. The molecule has 1 aliphatic heterocycles. The second kappa shape index (κ2) is 7.63. The van der Waals surface area contributed by atoms with Gasteiger partial charge in [-0.3, -0.25) is 0 Å². The average molecular weight is 345 g/mol. The molecule has 1 atom stereocenters. The Hall–Kier alpha value is -2.44. The van der Waals surface area contributed by atoms with Crippen molar-refractivity contribution >= 4 is 6.03 Å². The summed E-state index contributed by atoms with van der Waals surface area (Å²) in [6, 6.07) is 6.47. The summed E-state index contributed by atoms with van der Waals surface area (Å²) in [5.74, 6) is 1.09. The lowest BCUT2D eigenvalue weighted by Crippen LogP contribution is -2.47. The number of likely N-dealkylation sites (tertiary alicyclic amines) is 1. The maximum absolute atomic E-state index is 13.7. The van der Waals surface area contributed by atoms with Crippen molar-refractivity contribution in [3.63, 3.8) is 0 Å². The van der Waals surface area contributed by atoms with E-state index in [1.54, 1.807) is 18.5 Å². The first-order chi connectivity index (χ1) is 12.0. The molecule has 1 unspecified atom stereocenters. The minimum absolute atomic E-state index is 0.0831. The first kappa shape index (κ1) is 17.4. The summed E-state index contributed by atoms with van der Waals surface area (Å²) in [4.78, 5) is 14.3. The molecule has 0 aliphatic carbocycles. The highest BCUT2D eigenvalue weighted by Crippen LogP contribution is 2.26. The number of halogens is 1. The van der Waals surface area contributed by atoms with E-state index >= 15 is 0 Å². The number of urea groups is 1. The van der Waals surface area contributed by atoms with Crippen LogP contribution in [0.3, 0.4) is 0 Å². The minimum Gasteiger partial charge on any atom is -0.335 e. The zero-order valence-corrected chi connectivity index (χ0v) is 14.7. The molecule has 1 aliphatic rings. The fourth-order valence-electron chi connectivity index (χ4n) is 3.35. The molecule has 1 aromatic carbocycles. The van der Waals surface area contributed by atoms with Crippen LogP contribution in [0.5, 0.6) is 0 Å². The van der Waals surface area contributed by atoms with Gasteiger partial charge in [-0.05, 0) is 37.8 Å². The van der Waals surface area contributed by atoms with E-state index < -0.39 is 0 Å². The van der Waals surface area contributed by atoms with Gasteiger partial charge in [-0.2, -0.15) is 0 Å². The Morgan fingerprint density at radius 3 is 2.72 bits per heavy atom. The van der Waals surface area contributed by atoms with Crippen molar-refractivity contribution in [2.24, 2.45) is 7.05 Å². The van der Waals surface area contributed by atoms with Gasteiger partial charge >= 0.3 is 6.03 Å². The summed E-state index contributed by atoms with van der Waals surface area (Å²) >= 11 is 0. The molecular formula is C18H24FN5O. The molecule has 2 amide bonds. The van der Waals surface area contributed by atoms with Gasteiger partial charge in [-0.25, -0.2) is 9.18 Å². The third-order valence-electron chi connectivity index (χ3n) is 4.75. The van der Waals surface area contributed by atoms with Gasteiger partial charge in [0.05, 0.1) is 0 Å². The van der Waals surface area contributed by atoms with Crippen LogP contribution in [0, 0.1) is 5.82 Å². The highest BCUT2D eigenvalue weighted by Gasteiger charge is 2.26. The lowest BCUT2D eigenvalue weighted by atomic mass is 9.96. The first-order valence-electron chi connectivity index (χ1n) is 8.67. The summed E-state index contributed by atoms with van der Waals surface area (Å²) < 4.78 is 15.7. The van der Waals surface area contributed by atoms with Crippen molar-refractivity contribution in [1.29, 1.82) is 0 Å². The Bertz CT molecular complexity index is 724. The number of benzene rings is 1. The second-order valence-electron chi connectivity index (χ2n) is 6.71. The maximum Gasteiger partial charge on any atom is 0.317 e. The number of aromatic nitrogens is 3. The molecule has 6 nitrogen and oxygen atoms in total. The topological polar surface area (TPSA) is 63.1 Å². The predicted molar refractivity (Wildman–Crippen MR) is 92.6 cm³/mol. The van der Waals surface area contributed by atoms with Crippen molar-refractivity contribution < 1.29 is 9.18 Å².